The molecule has 3 nitrogen and oxygen atoms in total. The van der Waals surface area contributed by atoms with Gasteiger partial charge in [0.1, 0.15) is 0 Å². The van der Waals surface area contributed by atoms with Crippen molar-refractivity contribution in [3.05, 3.63) is 65.7 Å². The fourth-order valence-corrected chi connectivity index (χ4v) is 4.28. The van der Waals surface area contributed by atoms with E-state index in [2.05, 4.69) is 5.32 Å². The van der Waals surface area contributed by atoms with Crippen molar-refractivity contribution >= 4 is 23.2 Å². The topological polar surface area (TPSA) is 55.1 Å². The Labute approximate surface area is 181 Å². The van der Waals surface area contributed by atoms with E-state index in [4.69, 9.17) is 5.73 Å². The zero-order chi connectivity index (χ0) is 21.0. The van der Waals surface area contributed by atoms with Gasteiger partial charge in [0.15, 0.2) is 0 Å². The minimum Gasteiger partial charge on any atom is -0.399 e. The monoisotopic (exact) mass is 404 g/mol. The van der Waals surface area contributed by atoms with Gasteiger partial charge in [-0.2, -0.15) is 0 Å². The minimum absolute atomic E-state index is 0.0146. The van der Waals surface area contributed by atoms with Crippen LogP contribution in [0.15, 0.2) is 54.6 Å². The van der Waals surface area contributed by atoms with Crippen LogP contribution in [0.25, 0.3) is 11.6 Å². The third kappa shape index (κ3) is 7.37. The summed E-state index contributed by atoms with van der Waals surface area (Å²) in [5, 5.41) is 3.37. The maximum absolute atomic E-state index is 13.4. The predicted octanol–water partition coefficient (Wildman–Crippen LogP) is 6.60. The third-order valence-electron chi connectivity index (χ3n) is 5.99. The summed E-state index contributed by atoms with van der Waals surface area (Å²) in [4.78, 5) is 13.4. The number of carbonyl (C=O) groups excluding carboxylic acids is 1. The highest BCUT2D eigenvalue weighted by molar-refractivity contribution is 6.24. The van der Waals surface area contributed by atoms with E-state index < -0.39 is 0 Å². The zero-order valence-electron chi connectivity index (χ0n) is 18.1. The van der Waals surface area contributed by atoms with Gasteiger partial charge in [-0.3, -0.25) is 4.79 Å². The smallest absolute Gasteiger partial charge is 0.252 e. The average Bonchev–Trinajstić information content (AvgIpc) is 2.74. The average molecular weight is 405 g/mol. The molecule has 0 bridgehead atoms. The van der Waals surface area contributed by atoms with Gasteiger partial charge in [-0.25, -0.2) is 0 Å². The van der Waals surface area contributed by atoms with E-state index in [-0.39, 0.29) is 11.9 Å². The van der Waals surface area contributed by atoms with Crippen molar-refractivity contribution in [1.29, 1.82) is 0 Å². The van der Waals surface area contributed by atoms with Crippen molar-refractivity contribution in [3.63, 3.8) is 0 Å². The molecule has 3 N–H and O–H groups in total. The number of nitrogen functional groups attached to an aromatic ring is 1. The van der Waals surface area contributed by atoms with Crippen LogP contribution in [0.3, 0.4) is 0 Å². The largest absolute Gasteiger partial charge is 0.399 e. The SMILES string of the molecule is Nc1cccc(/C=C(/C(=O)NC2CCCCCCCCCCC2)c2ccccc2)c1. The summed E-state index contributed by atoms with van der Waals surface area (Å²) in [6, 6.07) is 17.9. The Morgan fingerprint density at radius 3 is 2.00 bits per heavy atom. The summed E-state index contributed by atoms with van der Waals surface area (Å²) in [7, 11) is 0. The van der Waals surface area contributed by atoms with Crippen molar-refractivity contribution in [2.24, 2.45) is 0 Å². The van der Waals surface area contributed by atoms with E-state index in [9.17, 15) is 4.79 Å². The van der Waals surface area contributed by atoms with E-state index in [0.717, 1.165) is 24.0 Å². The van der Waals surface area contributed by atoms with Crippen LogP contribution in [-0.4, -0.2) is 11.9 Å². The molecule has 0 aromatic heterocycles. The standard InChI is InChI=1S/C27H36N2O/c28-24-17-13-14-22(20-24)21-26(23-15-9-8-10-16-23)27(30)29-25-18-11-6-4-2-1-3-5-7-12-19-25/h8-10,13-17,20-21,25H,1-7,11-12,18-19,28H2,(H,29,30)/b26-21+. The molecule has 1 saturated carbocycles. The van der Waals surface area contributed by atoms with E-state index in [1.54, 1.807) is 0 Å². The van der Waals surface area contributed by atoms with Gasteiger partial charge in [0, 0.05) is 17.3 Å². The molecule has 0 atom stereocenters. The molecule has 0 unspecified atom stereocenters. The van der Waals surface area contributed by atoms with E-state index >= 15 is 0 Å². The van der Waals surface area contributed by atoms with Crippen molar-refractivity contribution in [2.45, 2.75) is 76.7 Å². The minimum atomic E-state index is 0.0146. The maximum Gasteiger partial charge on any atom is 0.252 e. The van der Waals surface area contributed by atoms with E-state index in [1.165, 1.54) is 57.8 Å². The van der Waals surface area contributed by atoms with Crippen molar-refractivity contribution in [2.75, 3.05) is 5.73 Å². The Morgan fingerprint density at radius 2 is 1.40 bits per heavy atom. The molecule has 0 spiro atoms. The van der Waals surface area contributed by atoms with Crippen LogP contribution in [0.4, 0.5) is 5.69 Å². The van der Waals surface area contributed by atoms with Crippen LogP contribution in [0, 0.1) is 0 Å². The molecule has 3 rings (SSSR count). The van der Waals surface area contributed by atoms with Crippen LogP contribution in [0.1, 0.15) is 81.8 Å². The van der Waals surface area contributed by atoms with Crippen molar-refractivity contribution in [1.82, 2.24) is 5.32 Å². The molecule has 30 heavy (non-hydrogen) atoms. The number of hydrogen-bond acceptors (Lipinski definition) is 2. The molecule has 2 aromatic rings. The van der Waals surface area contributed by atoms with Crippen molar-refractivity contribution < 1.29 is 4.79 Å². The first-order valence-electron chi connectivity index (χ1n) is 11.7. The Hall–Kier alpha value is -2.55. The lowest BCUT2D eigenvalue weighted by Crippen LogP contribution is -2.35. The molecular weight excluding hydrogens is 368 g/mol. The summed E-state index contributed by atoms with van der Waals surface area (Å²) >= 11 is 0. The first kappa shape index (κ1) is 22.1. The van der Waals surface area contributed by atoms with Gasteiger partial charge in [-0.1, -0.05) is 100 Å². The van der Waals surface area contributed by atoms with E-state index in [1.807, 2.05) is 60.7 Å². The lowest BCUT2D eigenvalue weighted by atomic mass is 9.96. The van der Waals surface area contributed by atoms with Crippen LogP contribution in [0.5, 0.6) is 0 Å². The highest BCUT2D eigenvalue weighted by Gasteiger charge is 2.17. The molecular formula is C27H36N2O. The Morgan fingerprint density at radius 1 is 0.800 bits per heavy atom. The van der Waals surface area contributed by atoms with Gasteiger partial charge < -0.3 is 11.1 Å². The van der Waals surface area contributed by atoms with Crippen LogP contribution < -0.4 is 11.1 Å². The number of nitrogens with one attached hydrogen (secondary N) is 1. The highest BCUT2D eigenvalue weighted by Crippen LogP contribution is 2.22. The number of amides is 1. The molecule has 0 aliphatic heterocycles. The summed E-state index contributed by atoms with van der Waals surface area (Å²) in [6.45, 7) is 0. The number of benzene rings is 2. The second-order valence-electron chi connectivity index (χ2n) is 8.52. The zero-order valence-corrected chi connectivity index (χ0v) is 18.1. The molecule has 1 fully saturated rings. The second kappa shape index (κ2) is 12.2. The highest BCUT2D eigenvalue weighted by atomic mass is 16.1. The molecule has 0 saturated heterocycles. The fraction of sp³-hybridized carbons (Fsp3) is 0.444. The van der Waals surface area contributed by atoms with Gasteiger partial charge >= 0.3 is 0 Å². The van der Waals surface area contributed by atoms with Gasteiger partial charge in [0.05, 0.1) is 0 Å². The number of rotatable bonds is 4. The quantitative estimate of drug-likeness (QED) is 0.343. The molecule has 0 heterocycles. The van der Waals surface area contributed by atoms with Gasteiger partial charge in [-0.15, -0.1) is 0 Å². The lowest BCUT2D eigenvalue weighted by Gasteiger charge is -2.21. The second-order valence-corrected chi connectivity index (χ2v) is 8.52. The fourth-order valence-electron chi connectivity index (χ4n) is 4.28. The predicted molar refractivity (Wildman–Crippen MR) is 128 cm³/mol. The maximum atomic E-state index is 13.4. The van der Waals surface area contributed by atoms with Crippen LogP contribution >= 0.6 is 0 Å². The van der Waals surface area contributed by atoms with Gasteiger partial charge in [0.2, 0.25) is 0 Å². The normalized spacial score (nSPS) is 17.5. The van der Waals surface area contributed by atoms with E-state index in [0.29, 0.717) is 11.3 Å². The van der Waals surface area contributed by atoms with Gasteiger partial charge in [-0.05, 0) is 42.2 Å². The van der Waals surface area contributed by atoms with Gasteiger partial charge in [0.25, 0.3) is 5.91 Å². The molecule has 3 heteroatoms. The molecule has 1 amide bonds. The number of nitrogens with two attached hydrogens (primary N) is 1. The Bertz CT molecular complexity index is 801. The third-order valence-corrected chi connectivity index (χ3v) is 5.99. The molecule has 160 valence electrons. The number of carbonyl (C=O) groups is 1. The van der Waals surface area contributed by atoms with Crippen LogP contribution in [-0.2, 0) is 4.79 Å². The Balaban J connectivity index is 1.76. The summed E-state index contributed by atoms with van der Waals surface area (Å²) in [5.41, 5.74) is 9.24. The van der Waals surface area contributed by atoms with Crippen molar-refractivity contribution in [3.8, 4) is 0 Å². The number of hydrogen-bond donors (Lipinski definition) is 2. The summed E-state index contributed by atoms with van der Waals surface area (Å²) in [5.74, 6) is 0.0146. The number of anilines is 1. The lowest BCUT2D eigenvalue weighted by molar-refractivity contribution is -0.116. The summed E-state index contributed by atoms with van der Waals surface area (Å²) in [6.07, 6.45) is 15.8. The Kier molecular flexibility index (Phi) is 9.02. The molecule has 0 radical (unpaired) electrons. The first-order chi connectivity index (χ1) is 14.7. The molecule has 1 aliphatic rings. The molecule has 1 aliphatic carbocycles. The van der Waals surface area contributed by atoms with Crippen LogP contribution in [0.2, 0.25) is 0 Å². The first-order valence-corrected chi connectivity index (χ1v) is 11.7. The molecule has 2 aromatic carbocycles. The summed E-state index contributed by atoms with van der Waals surface area (Å²) < 4.78 is 0.